The van der Waals surface area contributed by atoms with Crippen LogP contribution < -0.4 is 9.03 Å². The fourth-order valence-electron chi connectivity index (χ4n) is 1.82. The SMILES string of the molecule is Cc1cc(Oc2cc(Cl)ncn2)cc2[nH]c(OCl)nc12. The van der Waals surface area contributed by atoms with Crippen molar-refractivity contribution in [2.24, 2.45) is 0 Å². The van der Waals surface area contributed by atoms with Gasteiger partial charge < -0.3 is 14.0 Å². The molecular formula is C12H8Cl2N4O2. The van der Waals surface area contributed by atoms with Gasteiger partial charge in [0.2, 0.25) is 5.88 Å². The number of ether oxygens (including phenoxy) is 1. The van der Waals surface area contributed by atoms with Crippen molar-refractivity contribution in [3.05, 3.63) is 35.2 Å². The van der Waals surface area contributed by atoms with Crippen molar-refractivity contribution in [2.45, 2.75) is 6.92 Å². The van der Waals surface area contributed by atoms with Crippen LogP contribution in [0.2, 0.25) is 5.15 Å². The predicted octanol–water partition coefficient (Wildman–Crippen LogP) is 3.64. The summed E-state index contributed by atoms with van der Waals surface area (Å²) in [6.45, 7) is 1.90. The van der Waals surface area contributed by atoms with Gasteiger partial charge in [0.1, 0.15) is 29.1 Å². The fourth-order valence-corrected chi connectivity index (χ4v) is 2.03. The Hall–Kier alpha value is -2.05. The molecular weight excluding hydrogens is 303 g/mol. The molecule has 0 saturated carbocycles. The maximum Gasteiger partial charge on any atom is 0.314 e. The van der Waals surface area contributed by atoms with Crippen LogP contribution in [0.1, 0.15) is 5.56 Å². The number of nitrogens with zero attached hydrogens (tertiary/aromatic N) is 3. The molecule has 0 radical (unpaired) electrons. The van der Waals surface area contributed by atoms with Crippen LogP contribution in [-0.4, -0.2) is 19.9 Å². The minimum absolute atomic E-state index is 0.229. The Labute approximate surface area is 123 Å². The molecule has 0 unspecified atom stereocenters. The van der Waals surface area contributed by atoms with Gasteiger partial charge in [-0.3, -0.25) is 0 Å². The molecule has 1 N–H and O–H groups in total. The first-order valence-electron chi connectivity index (χ1n) is 5.60. The third-order valence-electron chi connectivity index (χ3n) is 2.63. The summed E-state index contributed by atoms with van der Waals surface area (Å²) < 4.78 is 10.2. The van der Waals surface area contributed by atoms with E-state index in [2.05, 4.69) is 24.2 Å². The third-order valence-corrected chi connectivity index (χ3v) is 2.99. The zero-order valence-electron chi connectivity index (χ0n) is 10.2. The maximum absolute atomic E-state index is 5.78. The van der Waals surface area contributed by atoms with E-state index in [-0.39, 0.29) is 6.01 Å². The largest absolute Gasteiger partial charge is 0.439 e. The summed E-state index contributed by atoms with van der Waals surface area (Å²) in [7, 11) is 0. The number of aromatic nitrogens is 4. The second kappa shape index (κ2) is 5.15. The van der Waals surface area contributed by atoms with Crippen LogP contribution in [0, 0.1) is 6.92 Å². The van der Waals surface area contributed by atoms with Gasteiger partial charge in [-0.1, -0.05) is 11.6 Å². The van der Waals surface area contributed by atoms with E-state index in [4.69, 9.17) is 28.2 Å². The zero-order chi connectivity index (χ0) is 14.1. The molecule has 20 heavy (non-hydrogen) atoms. The van der Waals surface area contributed by atoms with Crippen molar-refractivity contribution in [1.29, 1.82) is 0 Å². The van der Waals surface area contributed by atoms with Gasteiger partial charge in [0.15, 0.2) is 0 Å². The first-order valence-corrected chi connectivity index (χ1v) is 6.29. The molecule has 3 rings (SSSR count). The standard InChI is InChI=1S/C12H8Cl2N4O2/c1-6-2-7(19-10-4-9(13)15-5-16-10)3-8-11(6)18-12(17-8)20-14/h2-5H,1H3,(H,17,18). The molecule has 0 fully saturated rings. The Morgan fingerprint density at radius 3 is 2.80 bits per heavy atom. The van der Waals surface area contributed by atoms with Gasteiger partial charge in [0.25, 0.3) is 0 Å². The van der Waals surface area contributed by atoms with Crippen molar-refractivity contribution in [1.82, 2.24) is 19.9 Å². The summed E-state index contributed by atoms with van der Waals surface area (Å²) in [5, 5.41) is 0.312. The Morgan fingerprint density at radius 1 is 1.20 bits per heavy atom. The van der Waals surface area contributed by atoms with Crippen molar-refractivity contribution < 1.29 is 9.03 Å². The molecule has 0 aliphatic rings. The number of hydrogen-bond acceptors (Lipinski definition) is 5. The predicted molar refractivity (Wildman–Crippen MR) is 74.4 cm³/mol. The van der Waals surface area contributed by atoms with Crippen LogP contribution in [0.4, 0.5) is 0 Å². The third kappa shape index (κ3) is 2.48. The number of halogens is 2. The van der Waals surface area contributed by atoms with Gasteiger partial charge in [0.05, 0.1) is 11.0 Å². The average molecular weight is 311 g/mol. The van der Waals surface area contributed by atoms with Gasteiger partial charge in [0, 0.05) is 12.1 Å². The Kier molecular flexibility index (Phi) is 3.33. The van der Waals surface area contributed by atoms with E-state index >= 15 is 0 Å². The Bertz CT molecular complexity index is 775. The van der Waals surface area contributed by atoms with Crippen molar-refractivity contribution in [3.8, 4) is 17.6 Å². The van der Waals surface area contributed by atoms with Crippen LogP contribution in [0.15, 0.2) is 24.5 Å². The summed E-state index contributed by atoms with van der Waals surface area (Å²) in [6, 6.07) is 5.36. The Balaban J connectivity index is 1.99. The summed E-state index contributed by atoms with van der Waals surface area (Å²) in [6.07, 6.45) is 1.33. The van der Waals surface area contributed by atoms with Crippen LogP contribution in [-0.2, 0) is 0 Å². The fraction of sp³-hybridized carbons (Fsp3) is 0.0833. The minimum Gasteiger partial charge on any atom is -0.439 e. The van der Waals surface area contributed by atoms with E-state index in [0.29, 0.717) is 16.8 Å². The summed E-state index contributed by atoms with van der Waals surface area (Å²) in [5.41, 5.74) is 2.42. The number of fused-ring (bicyclic) bond motifs is 1. The number of aryl methyl sites for hydroxylation is 1. The number of hydrogen-bond donors (Lipinski definition) is 1. The normalized spacial score (nSPS) is 10.8. The minimum atomic E-state index is 0.229. The molecule has 0 aliphatic heterocycles. The molecule has 102 valence electrons. The molecule has 0 aliphatic carbocycles. The summed E-state index contributed by atoms with van der Waals surface area (Å²) in [4.78, 5) is 14.9. The van der Waals surface area contributed by atoms with E-state index in [1.54, 1.807) is 6.07 Å². The maximum atomic E-state index is 5.78. The smallest absolute Gasteiger partial charge is 0.314 e. The Morgan fingerprint density at radius 2 is 2.05 bits per heavy atom. The molecule has 3 aromatic rings. The number of rotatable bonds is 3. The second-order valence-electron chi connectivity index (χ2n) is 4.04. The van der Waals surface area contributed by atoms with E-state index in [1.165, 1.54) is 12.4 Å². The van der Waals surface area contributed by atoms with Crippen LogP contribution >= 0.6 is 23.5 Å². The lowest BCUT2D eigenvalue weighted by atomic mass is 10.2. The van der Waals surface area contributed by atoms with Crippen LogP contribution in [0.3, 0.4) is 0 Å². The molecule has 1 aromatic carbocycles. The monoisotopic (exact) mass is 310 g/mol. The number of benzene rings is 1. The highest BCUT2D eigenvalue weighted by molar-refractivity contribution is 6.29. The second-order valence-corrected chi connectivity index (χ2v) is 4.58. The molecule has 2 aromatic heterocycles. The topological polar surface area (TPSA) is 72.9 Å². The van der Waals surface area contributed by atoms with Crippen molar-refractivity contribution in [2.75, 3.05) is 0 Å². The van der Waals surface area contributed by atoms with E-state index in [1.807, 2.05) is 13.0 Å². The molecule has 6 nitrogen and oxygen atoms in total. The van der Waals surface area contributed by atoms with Crippen LogP contribution in [0.5, 0.6) is 17.6 Å². The van der Waals surface area contributed by atoms with E-state index in [0.717, 1.165) is 16.6 Å². The van der Waals surface area contributed by atoms with Gasteiger partial charge in [-0.15, -0.1) is 0 Å². The zero-order valence-corrected chi connectivity index (χ0v) is 11.7. The molecule has 0 spiro atoms. The van der Waals surface area contributed by atoms with E-state index < -0.39 is 0 Å². The molecule has 0 bridgehead atoms. The van der Waals surface area contributed by atoms with Gasteiger partial charge in [-0.25, -0.2) is 9.97 Å². The average Bonchev–Trinajstić information content (AvgIpc) is 2.82. The quantitative estimate of drug-likeness (QED) is 0.748. The summed E-state index contributed by atoms with van der Waals surface area (Å²) >= 11 is 11.1. The lowest BCUT2D eigenvalue weighted by molar-refractivity contribution is 0.462. The van der Waals surface area contributed by atoms with Gasteiger partial charge >= 0.3 is 6.01 Å². The highest BCUT2D eigenvalue weighted by atomic mass is 35.5. The molecule has 8 heteroatoms. The van der Waals surface area contributed by atoms with E-state index in [9.17, 15) is 0 Å². The highest BCUT2D eigenvalue weighted by Crippen LogP contribution is 2.28. The number of imidazole rings is 1. The highest BCUT2D eigenvalue weighted by Gasteiger charge is 2.09. The van der Waals surface area contributed by atoms with Gasteiger partial charge in [-0.2, -0.15) is 4.98 Å². The molecule has 0 atom stereocenters. The van der Waals surface area contributed by atoms with Crippen molar-refractivity contribution in [3.63, 3.8) is 0 Å². The molecule has 0 saturated heterocycles. The lowest BCUT2D eigenvalue weighted by Gasteiger charge is -2.05. The molecule has 2 heterocycles. The van der Waals surface area contributed by atoms with Gasteiger partial charge in [-0.05, 0) is 18.6 Å². The first kappa shape index (κ1) is 13.0. The van der Waals surface area contributed by atoms with Crippen LogP contribution in [0.25, 0.3) is 11.0 Å². The summed E-state index contributed by atoms with van der Waals surface area (Å²) in [5.74, 6) is 0.951. The molecule has 0 amide bonds. The first-order chi connectivity index (χ1) is 9.65. The number of aromatic amines is 1. The lowest BCUT2D eigenvalue weighted by Crippen LogP contribution is -1.90. The number of H-pyrrole nitrogens is 1. The number of nitrogens with one attached hydrogen (secondary N) is 1. The van der Waals surface area contributed by atoms with Crippen molar-refractivity contribution >= 4 is 34.5 Å².